The molecule has 2 heterocycles. The molecule has 1 unspecified atom stereocenters. The molecule has 1 N–H and O–H groups in total. The summed E-state index contributed by atoms with van der Waals surface area (Å²) < 4.78 is 11.5. The van der Waals surface area contributed by atoms with Gasteiger partial charge in [0.2, 0.25) is 0 Å². The lowest BCUT2D eigenvalue weighted by Crippen LogP contribution is -2.41. The van der Waals surface area contributed by atoms with Crippen molar-refractivity contribution in [3.63, 3.8) is 0 Å². The van der Waals surface area contributed by atoms with E-state index in [2.05, 4.69) is 15.3 Å². The van der Waals surface area contributed by atoms with Gasteiger partial charge in [-0.1, -0.05) is 0 Å². The number of nitriles is 1. The maximum atomic E-state index is 9.01. The average Bonchev–Trinajstić information content (AvgIpc) is 2.87. The van der Waals surface area contributed by atoms with Crippen LogP contribution in [0.5, 0.6) is 0 Å². The zero-order valence-electron chi connectivity index (χ0n) is 10.6. The minimum Gasteiger partial charge on any atom is -0.365 e. The average molecular weight is 260 g/mol. The highest BCUT2D eigenvalue weighted by Crippen LogP contribution is 2.36. The van der Waals surface area contributed by atoms with E-state index >= 15 is 0 Å². The molecule has 0 amide bonds. The third-order valence-corrected chi connectivity index (χ3v) is 3.63. The highest BCUT2D eigenvalue weighted by Gasteiger charge is 2.41. The lowest BCUT2D eigenvalue weighted by atomic mass is 9.90. The van der Waals surface area contributed by atoms with Crippen LogP contribution in [0.25, 0.3) is 0 Å². The molecule has 1 atom stereocenters. The van der Waals surface area contributed by atoms with E-state index in [9.17, 15) is 0 Å². The minimum atomic E-state index is -0.426. The summed E-state index contributed by atoms with van der Waals surface area (Å²) in [4.78, 5) is 8.18. The molecule has 0 bridgehead atoms. The van der Waals surface area contributed by atoms with E-state index in [1.165, 1.54) is 6.20 Å². The third kappa shape index (κ3) is 2.53. The van der Waals surface area contributed by atoms with Gasteiger partial charge >= 0.3 is 0 Å². The van der Waals surface area contributed by atoms with Gasteiger partial charge in [-0.2, -0.15) is 5.26 Å². The monoisotopic (exact) mass is 260 g/mol. The Morgan fingerprint density at radius 1 is 1.32 bits per heavy atom. The van der Waals surface area contributed by atoms with Crippen LogP contribution in [0.4, 0.5) is 5.82 Å². The molecule has 2 fully saturated rings. The van der Waals surface area contributed by atoms with Crippen LogP contribution in [-0.4, -0.2) is 35.0 Å². The van der Waals surface area contributed by atoms with Crippen LogP contribution in [0.15, 0.2) is 12.4 Å². The molecule has 1 saturated carbocycles. The van der Waals surface area contributed by atoms with Crippen LogP contribution in [0, 0.1) is 11.3 Å². The van der Waals surface area contributed by atoms with Gasteiger partial charge in [-0.15, -0.1) is 0 Å². The van der Waals surface area contributed by atoms with Crippen molar-refractivity contribution in [2.45, 2.75) is 37.5 Å². The van der Waals surface area contributed by atoms with Crippen LogP contribution in [0.2, 0.25) is 0 Å². The Balaban J connectivity index is 1.71. The van der Waals surface area contributed by atoms with Gasteiger partial charge < -0.3 is 14.8 Å². The second kappa shape index (κ2) is 5.11. The lowest BCUT2D eigenvalue weighted by molar-refractivity contribution is -0.178. The molecular formula is C13H16N4O2. The Morgan fingerprint density at radius 2 is 2.11 bits per heavy atom. The molecule has 1 saturated heterocycles. The Labute approximate surface area is 111 Å². The molecular weight excluding hydrogens is 244 g/mol. The minimum absolute atomic E-state index is 0.204. The number of ether oxygens (including phenoxy) is 2. The molecule has 1 aromatic rings. The first-order chi connectivity index (χ1) is 9.31. The summed E-state index contributed by atoms with van der Waals surface area (Å²) in [6.45, 7) is 1.34. The van der Waals surface area contributed by atoms with Crippen molar-refractivity contribution >= 4 is 5.82 Å². The first-order valence-corrected chi connectivity index (χ1v) is 6.57. The van der Waals surface area contributed by atoms with Crippen molar-refractivity contribution in [3.05, 3.63) is 18.1 Å². The fourth-order valence-electron chi connectivity index (χ4n) is 2.80. The van der Waals surface area contributed by atoms with Gasteiger partial charge in [0.25, 0.3) is 0 Å². The molecule has 2 aliphatic rings. The van der Waals surface area contributed by atoms with E-state index in [0.29, 0.717) is 24.7 Å². The molecule has 1 aromatic heterocycles. The third-order valence-electron chi connectivity index (χ3n) is 3.63. The van der Waals surface area contributed by atoms with E-state index in [0.717, 1.165) is 25.7 Å². The van der Waals surface area contributed by atoms with Gasteiger partial charge in [0.15, 0.2) is 17.3 Å². The smallest absolute Gasteiger partial charge is 0.182 e. The number of nitrogens with zero attached hydrogens (tertiary/aromatic N) is 3. The molecule has 3 rings (SSSR count). The number of hydrogen-bond acceptors (Lipinski definition) is 6. The van der Waals surface area contributed by atoms with Gasteiger partial charge in [0.05, 0.1) is 13.2 Å². The highest BCUT2D eigenvalue weighted by molar-refractivity contribution is 5.47. The first-order valence-electron chi connectivity index (χ1n) is 6.57. The second-order valence-electron chi connectivity index (χ2n) is 4.91. The fourth-order valence-corrected chi connectivity index (χ4v) is 2.80. The quantitative estimate of drug-likeness (QED) is 0.866. The number of nitrogens with one attached hydrogen (secondary N) is 1. The maximum Gasteiger partial charge on any atom is 0.182 e. The van der Waals surface area contributed by atoms with Crippen molar-refractivity contribution in [2.24, 2.45) is 0 Å². The summed E-state index contributed by atoms with van der Waals surface area (Å²) >= 11 is 0. The predicted molar refractivity (Wildman–Crippen MR) is 67.3 cm³/mol. The van der Waals surface area contributed by atoms with Crippen molar-refractivity contribution in [3.8, 4) is 6.07 Å². The zero-order chi connectivity index (χ0) is 13.1. The summed E-state index contributed by atoms with van der Waals surface area (Å²) in [6, 6.07) is 2.25. The highest BCUT2D eigenvalue weighted by atomic mass is 16.7. The number of rotatable bonds is 2. The summed E-state index contributed by atoms with van der Waals surface area (Å²) in [7, 11) is 0. The summed E-state index contributed by atoms with van der Waals surface area (Å²) in [5, 5.41) is 12.3. The molecule has 100 valence electrons. The Hall–Kier alpha value is -1.71. The molecule has 0 radical (unpaired) electrons. The summed E-state index contributed by atoms with van der Waals surface area (Å²) in [5.74, 6) is 0.121. The van der Waals surface area contributed by atoms with Gasteiger partial charge in [0.1, 0.15) is 6.07 Å². The Bertz CT molecular complexity index is 494. The largest absolute Gasteiger partial charge is 0.365 e. The topological polar surface area (TPSA) is 80.1 Å². The van der Waals surface area contributed by atoms with E-state index in [1.54, 1.807) is 6.20 Å². The van der Waals surface area contributed by atoms with Crippen LogP contribution >= 0.6 is 0 Å². The normalized spacial score (nSPS) is 25.1. The van der Waals surface area contributed by atoms with E-state index < -0.39 is 5.79 Å². The first kappa shape index (κ1) is 12.3. The van der Waals surface area contributed by atoms with Crippen LogP contribution in [-0.2, 0) is 9.47 Å². The summed E-state index contributed by atoms with van der Waals surface area (Å²) in [5.41, 5.74) is 0.329. The van der Waals surface area contributed by atoms with Gasteiger partial charge in [-0.3, -0.25) is 0 Å². The van der Waals surface area contributed by atoms with Gasteiger partial charge in [-0.25, -0.2) is 9.97 Å². The lowest BCUT2D eigenvalue weighted by Gasteiger charge is -2.36. The number of anilines is 1. The van der Waals surface area contributed by atoms with Gasteiger partial charge in [0, 0.05) is 31.3 Å². The van der Waals surface area contributed by atoms with Crippen LogP contribution in [0.1, 0.15) is 31.4 Å². The second-order valence-corrected chi connectivity index (χ2v) is 4.91. The Kier molecular flexibility index (Phi) is 3.32. The van der Waals surface area contributed by atoms with Crippen molar-refractivity contribution in [1.29, 1.82) is 5.26 Å². The number of aromatic nitrogens is 2. The molecule has 1 aliphatic carbocycles. The molecule has 6 heteroatoms. The molecule has 1 aliphatic heterocycles. The molecule has 1 spiro atoms. The number of hydrogen-bond donors (Lipinski definition) is 1. The van der Waals surface area contributed by atoms with Gasteiger partial charge in [-0.05, 0) is 12.8 Å². The maximum absolute atomic E-state index is 9.01. The SMILES string of the molecule is N#Cc1nccnc1NC1CCCC2(C1)OCCO2. The van der Waals surface area contributed by atoms with Crippen LogP contribution in [0.3, 0.4) is 0 Å². The van der Waals surface area contributed by atoms with Crippen molar-refractivity contribution in [2.75, 3.05) is 18.5 Å². The van der Waals surface area contributed by atoms with E-state index in [4.69, 9.17) is 14.7 Å². The van der Waals surface area contributed by atoms with Crippen molar-refractivity contribution in [1.82, 2.24) is 9.97 Å². The fraction of sp³-hybridized carbons (Fsp3) is 0.615. The Morgan fingerprint density at radius 3 is 2.89 bits per heavy atom. The predicted octanol–water partition coefficient (Wildman–Crippen LogP) is 1.45. The van der Waals surface area contributed by atoms with Crippen LogP contribution < -0.4 is 5.32 Å². The molecule has 0 aromatic carbocycles. The zero-order valence-corrected chi connectivity index (χ0v) is 10.6. The van der Waals surface area contributed by atoms with Crippen molar-refractivity contribution < 1.29 is 9.47 Å². The van der Waals surface area contributed by atoms with E-state index in [1.807, 2.05) is 6.07 Å². The standard InChI is InChI=1S/C13H16N4O2/c14-9-11-12(16-5-4-15-11)17-10-2-1-3-13(8-10)18-6-7-19-13/h4-5,10H,1-3,6-8H2,(H,16,17). The molecule has 6 nitrogen and oxygen atoms in total. The molecule has 19 heavy (non-hydrogen) atoms. The van der Waals surface area contributed by atoms with E-state index in [-0.39, 0.29) is 6.04 Å². The summed E-state index contributed by atoms with van der Waals surface area (Å²) in [6.07, 6.45) is 6.90.